The van der Waals surface area contributed by atoms with Gasteiger partial charge in [0.15, 0.2) is 11.5 Å². The lowest BCUT2D eigenvalue weighted by Gasteiger charge is -2.30. The average Bonchev–Trinajstić information content (AvgIpc) is 2.96. The van der Waals surface area contributed by atoms with Crippen molar-refractivity contribution >= 4 is 12.0 Å². The predicted molar refractivity (Wildman–Crippen MR) is 86.0 cm³/mol. The van der Waals surface area contributed by atoms with E-state index in [1.54, 1.807) is 12.1 Å². The summed E-state index contributed by atoms with van der Waals surface area (Å²) in [5.41, 5.74) is 0.451. The number of alkyl carbamates (subject to hydrolysis) is 1. The van der Waals surface area contributed by atoms with Gasteiger partial charge in [-0.1, -0.05) is 11.2 Å². The third-order valence-corrected chi connectivity index (χ3v) is 4.22. The molecule has 0 atom stereocenters. The average molecular weight is 335 g/mol. The topological polar surface area (TPSA) is 101 Å². The van der Waals surface area contributed by atoms with Gasteiger partial charge in [0, 0.05) is 19.4 Å². The SMILES string of the molecule is COc1cc(CNC(=O)OC2=NOC3(CCNCC3)C2)ccc1O. The first-order valence-corrected chi connectivity index (χ1v) is 7.88. The molecule has 3 rings (SSSR count). The molecule has 0 saturated carbocycles. The number of carbonyl (C=O) groups excluding carboxylic acids is 1. The third-order valence-electron chi connectivity index (χ3n) is 4.22. The Bertz CT molecular complexity index is 641. The summed E-state index contributed by atoms with van der Waals surface area (Å²) in [5, 5.41) is 19.4. The summed E-state index contributed by atoms with van der Waals surface area (Å²) < 4.78 is 10.2. The highest BCUT2D eigenvalue weighted by atomic mass is 16.7. The lowest BCUT2D eigenvalue weighted by Crippen LogP contribution is -2.42. The van der Waals surface area contributed by atoms with E-state index in [9.17, 15) is 9.90 Å². The maximum absolute atomic E-state index is 11.9. The van der Waals surface area contributed by atoms with Crippen LogP contribution in [0.5, 0.6) is 11.5 Å². The maximum Gasteiger partial charge on any atom is 0.414 e. The van der Waals surface area contributed by atoms with Gasteiger partial charge in [-0.15, -0.1) is 0 Å². The van der Waals surface area contributed by atoms with Crippen LogP contribution in [0.4, 0.5) is 4.79 Å². The van der Waals surface area contributed by atoms with Crippen molar-refractivity contribution in [3.05, 3.63) is 23.8 Å². The maximum atomic E-state index is 11.9. The van der Waals surface area contributed by atoms with Crippen LogP contribution < -0.4 is 15.4 Å². The molecular weight excluding hydrogens is 314 g/mol. The van der Waals surface area contributed by atoms with Gasteiger partial charge in [0.2, 0.25) is 5.90 Å². The van der Waals surface area contributed by atoms with E-state index < -0.39 is 6.09 Å². The number of nitrogens with one attached hydrogen (secondary N) is 2. The zero-order valence-corrected chi connectivity index (χ0v) is 13.5. The van der Waals surface area contributed by atoms with Crippen molar-refractivity contribution in [2.24, 2.45) is 5.16 Å². The molecule has 0 radical (unpaired) electrons. The Morgan fingerprint density at radius 3 is 3.00 bits per heavy atom. The van der Waals surface area contributed by atoms with Gasteiger partial charge in [0.25, 0.3) is 0 Å². The smallest absolute Gasteiger partial charge is 0.414 e. The number of rotatable bonds is 3. The highest BCUT2D eigenvalue weighted by Gasteiger charge is 2.41. The lowest BCUT2D eigenvalue weighted by molar-refractivity contribution is -0.0400. The van der Waals surface area contributed by atoms with E-state index in [0.717, 1.165) is 31.5 Å². The molecule has 0 unspecified atom stereocenters. The number of hydrogen-bond acceptors (Lipinski definition) is 7. The van der Waals surface area contributed by atoms with E-state index in [0.29, 0.717) is 18.1 Å². The molecule has 2 aliphatic heterocycles. The van der Waals surface area contributed by atoms with Crippen molar-refractivity contribution in [2.45, 2.75) is 31.4 Å². The Morgan fingerprint density at radius 2 is 2.25 bits per heavy atom. The molecule has 130 valence electrons. The molecule has 1 spiro atoms. The number of benzene rings is 1. The minimum atomic E-state index is -0.588. The molecule has 3 N–H and O–H groups in total. The van der Waals surface area contributed by atoms with Crippen molar-refractivity contribution in [1.82, 2.24) is 10.6 Å². The minimum Gasteiger partial charge on any atom is -0.504 e. The molecule has 1 aromatic carbocycles. The number of ether oxygens (including phenoxy) is 2. The van der Waals surface area contributed by atoms with Gasteiger partial charge in [-0.25, -0.2) is 4.79 Å². The molecule has 2 heterocycles. The number of phenolic OH excluding ortho intramolecular Hbond substituents is 1. The second-order valence-electron chi connectivity index (χ2n) is 5.94. The summed E-state index contributed by atoms with van der Waals surface area (Å²) >= 11 is 0. The first-order chi connectivity index (χ1) is 11.6. The zero-order chi connectivity index (χ0) is 17.0. The zero-order valence-electron chi connectivity index (χ0n) is 13.5. The summed E-state index contributed by atoms with van der Waals surface area (Å²) in [6, 6.07) is 4.85. The van der Waals surface area contributed by atoms with Gasteiger partial charge in [-0.2, -0.15) is 0 Å². The first-order valence-electron chi connectivity index (χ1n) is 7.88. The van der Waals surface area contributed by atoms with Crippen molar-refractivity contribution in [1.29, 1.82) is 0 Å². The molecule has 1 amide bonds. The largest absolute Gasteiger partial charge is 0.504 e. The Morgan fingerprint density at radius 1 is 1.46 bits per heavy atom. The Kier molecular flexibility index (Phi) is 4.75. The van der Waals surface area contributed by atoms with Crippen molar-refractivity contribution in [3.8, 4) is 11.5 Å². The molecule has 0 aromatic heterocycles. The van der Waals surface area contributed by atoms with Crippen LogP contribution in [0, 0.1) is 0 Å². The van der Waals surface area contributed by atoms with E-state index in [-0.39, 0.29) is 17.9 Å². The van der Waals surface area contributed by atoms with E-state index in [2.05, 4.69) is 15.8 Å². The number of hydrogen-bond donors (Lipinski definition) is 3. The number of aromatic hydroxyl groups is 1. The Hall–Kier alpha value is -2.48. The second-order valence-corrected chi connectivity index (χ2v) is 5.94. The number of methoxy groups -OCH3 is 1. The van der Waals surface area contributed by atoms with Crippen LogP contribution in [-0.2, 0) is 16.1 Å². The first kappa shape index (κ1) is 16.4. The quantitative estimate of drug-likeness (QED) is 0.773. The molecule has 24 heavy (non-hydrogen) atoms. The van der Waals surface area contributed by atoms with Crippen LogP contribution in [-0.4, -0.2) is 42.9 Å². The number of oxime groups is 1. The summed E-state index contributed by atoms with van der Waals surface area (Å²) in [6.07, 6.45) is 1.61. The highest BCUT2D eigenvalue weighted by Crippen LogP contribution is 2.32. The van der Waals surface area contributed by atoms with Gasteiger partial charge < -0.3 is 30.1 Å². The summed E-state index contributed by atoms with van der Waals surface area (Å²) in [6.45, 7) is 1.99. The van der Waals surface area contributed by atoms with Crippen molar-refractivity contribution in [2.75, 3.05) is 20.2 Å². The molecule has 8 nitrogen and oxygen atoms in total. The highest BCUT2D eigenvalue weighted by molar-refractivity contribution is 5.89. The van der Waals surface area contributed by atoms with Crippen LogP contribution in [0.25, 0.3) is 0 Å². The van der Waals surface area contributed by atoms with Gasteiger partial charge in [-0.3, -0.25) is 0 Å². The molecule has 1 saturated heterocycles. The minimum absolute atomic E-state index is 0.0496. The van der Waals surface area contributed by atoms with E-state index in [1.165, 1.54) is 13.2 Å². The second kappa shape index (κ2) is 6.96. The Labute approximate surface area is 139 Å². The molecule has 0 bridgehead atoms. The molecule has 1 aromatic rings. The fourth-order valence-corrected chi connectivity index (χ4v) is 2.84. The number of carbonyl (C=O) groups is 1. The van der Waals surface area contributed by atoms with Crippen LogP contribution in [0.2, 0.25) is 0 Å². The molecular formula is C16H21N3O5. The molecule has 1 fully saturated rings. The standard InChI is InChI=1S/C16H21N3O5/c1-22-13-8-11(2-3-12(13)20)10-18-15(21)23-14-9-16(24-19-14)4-6-17-7-5-16/h2-3,8,17,20H,4-7,9-10H2,1H3,(H,18,21). The van der Waals surface area contributed by atoms with Crippen molar-refractivity contribution < 1.29 is 24.2 Å². The van der Waals surface area contributed by atoms with Gasteiger partial charge >= 0.3 is 6.09 Å². The third kappa shape index (κ3) is 3.70. The van der Waals surface area contributed by atoms with E-state index >= 15 is 0 Å². The van der Waals surface area contributed by atoms with Crippen LogP contribution in [0.15, 0.2) is 23.4 Å². The summed E-state index contributed by atoms with van der Waals surface area (Å²) in [4.78, 5) is 17.4. The van der Waals surface area contributed by atoms with Crippen molar-refractivity contribution in [3.63, 3.8) is 0 Å². The Balaban J connectivity index is 1.48. The number of amides is 1. The van der Waals surface area contributed by atoms with E-state index in [4.69, 9.17) is 14.3 Å². The molecule has 8 heteroatoms. The fourth-order valence-electron chi connectivity index (χ4n) is 2.84. The number of piperidine rings is 1. The van der Waals surface area contributed by atoms with Gasteiger partial charge in [-0.05, 0) is 30.8 Å². The summed E-state index contributed by atoms with van der Waals surface area (Å²) in [7, 11) is 1.47. The summed E-state index contributed by atoms with van der Waals surface area (Å²) in [5.74, 6) is 0.704. The number of nitrogens with zero attached hydrogens (tertiary/aromatic N) is 1. The number of phenols is 1. The van der Waals surface area contributed by atoms with Crippen LogP contribution in [0.1, 0.15) is 24.8 Å². The monoisotopic (exact) mass is 335 g/mol. The van der Waals surface area contributed by atoms with Crippen LogP contribution >= 0.6 is 0 Å². The van der Waals surface area contributed by atoms with E-state index in [1.807, 2.05) is 0 Å². The fraction of sp³-hybridized carbons (Fsp3) is 0.500. The normalized spacial score (nSPS) is 18.6. The molecule has 2 aliphatic rings. The van der Waals surface area contributed by atoms with Crippen LogP contribution in [0.3, 0.4) is 0 Å². The van der Waals surface area contributed by atoms with Gasteiger partial charge in [0.05, 0.1) is 13.5 Å². The van der Waals surface area contributed by atoms with Gasteiger partial charge in [0.1, 0.15) is 5.60 Å². The predicted octanol–water partition coefficient (Wildman–Crippen LogP) is 1.48. The molecule has 0 aliphatic carbocycles. The lowest BCUT2D eigenvalue weighted by atomic mass is 9.89.